The van der Waals surface area contributed by atoms with Gasteiger partial charge in [0.1, 0.15) is 5.82 Å². The highest BCUT2D eigenvalue weighted by molar-refractivity contribution is 5.60. The van der Waals surface area contributed by atoms with Crippen LogP contribution in [0.2, 0.25) is 0 Å². The minimum atomic E-state index is -4.33. The van der Waals surface area contributed by atoms with Crippen LogP contribution in [0.1, 0.15) is 35.8 Å². The van der Waals surface area contributed by atoms with Gasteiger partial charge in [-0.15, -0.1) is 0 Å². The Kier molecular flexibility index (Phi) is 4.68. The van der Waals surface area contributed by atoms with E-state index in [1.54, 1.807) is 0 Å². The molecule has 0 aliphatic carbocycles. The van der Waals surface area contributed by atoms with Crippen molar-refractivity contribution in [2.75, 3.05) is 19.6 Å². The number of hydrogen-bond donors (Lipinski definition) is 1. The lowest BCUT2D eigenvalue weighted by atomic mass is 9.74. The van der Waals surface area contributed by atoms with Crippen LogP contribution < -0.4 is 5.73 Å². The van der Waals surface area contributed by atoms with E-state index in [1.807, 2.05) is 13.0 Å². The largest absolute Gasteiger partial charge is 0.416 e. The fraction of sp³-hybridized carbons (Fsp3) is 0.500. The Bertz CT molecular complexity index is 819. The van der Waals surface area contributed by atoms with Gasteiger partial charge in [-0.05, 0) is 50.4 Å². The number of fused-ring (bicyclic) bond motifs is 3. The minimum absolute atomic E-state index is 0.330. The van der Waals surface area contributed by atoms with Gasteiger partial charge in [0.15, 0.2) is 0 Å². The summed E-state index contributed by atoms with van der Waals surface area (Å²) in [6, 6.07) is 7.57. The van der Waals surface area contributed by atoms with Gasteiger partial charge >= 0.3 is 6.18 Å². The highest BCUT2D eigenvalue weighted by atomic mass is 19.4. The molecule has 0 amide bonds. The molecule has 3 saturated heterocycles. The first-order valence-corrected chi connectivity index (χ1v) is 9.32. The minimum Gasteiger partial charge on any atom is -0.329 e. The third-order valence-electron chi connectivity index (χ3n) is 5.90. The monoisotopic (exact) mass is 376 g/mol. The topological polar surface area (TPSA) is 55.0 Å². The number of rotatable bonds is 3. The van der Waals surface area contributed by atoms with E-state index in [1.165, 1.54) is 12.1 Å². The Morgan fingerprint density at radius 3 is 2.52 bits per heavy atom. The van der Waals surface area contributed by atoms with E-state index in [-0.39, 0.29) is 0 Å². The quantitative estimate of drug-likeness (QED) is 0.889. The summed E-state index contributed by atoms with van der Waals surface area (Å²) in [5.41, 5.74) is 7.59. The van der Waals surface area contributed by atoms with Crippen LogP contribution in [-0.4, -0.2) is 40.5 Å². The van der Waals surface area contributed by atoms with Crippen molar-refractivity contribution in [1.82, 2.24) is 14.9 Å². The second-order valence-electron chi connectivity index (χ2n) is 7.58. The first-order valence-electron chi connectivity index (χ1n) is 9.32. The van der Waals surface area contributed by atoms with E-state index in [4.69, 9.17) is 5.73 Å². The van der Waals surface area contributed by atoms with Crippen LogP contribution in [0, 0.1) is 12.8 Å². The van der Waals surface area contributed by atoms with Crippen molar-refractivity contribution in [2.45, 2.75) is 37.9 Å². The van der Waals surface area contributed by atoms with Gasteiger partial charge in [0.05, 0.1) is 11.3 Å². The molecule has 1 aromatic heterocycles. The van der Waals surface area contributed by atoms with Gasteiger partial charge < -0.3 is 5.73 Å². The molecule has 4 heterocycles. The first-order chi connectivity index (χ1) is 12.8. The number of nitrogens with zero attached hydrogens (tertiary/aromatic N) is 3. The average molecular weight is 376 g/mol. The van der Waals surface area contributed by atoms with Crippen molar-refractivity contribution in [3.8, 4) is 11.3 Å². The molecule has 27 heavy (non-hydrogen) atoms. The molecular weight excluding hydrogens is 353 g/mol. The fourth-order valence-corrected chi connectivity index (χ4v) is 4.48. The van der Waals surface area contributed by atoms with Crippen molar-refractivity contribution < 1.29 is 13.2 Å². The maximum absolute atomic E-state index is 12.8. The van der Waals surface area contributed by atoms with E-state index in [9.17, 15) is 13.2 Å². The number of nitrogens with two attached hydrogens (primary N) is 1. The average Bonchev–Trinajstić information content (AvgIpc) is 2.67. The van der Waals surface area contributed by atoms with E-state index in [0.717, 1.165) is 43.8 Å². The Morgan fingerprint density at radius 2 is 1.93 bits per heavy atom. The lowest BCUT2D eigenvalue weighted by Crippen LogP contribution is -2.55. The third kappa shape index (κ3) is 3.58. The lowest BCUT2D eigenvalue weighted by molar-refractivity contribution is -0.137. The molecular formula is C20H23F3N4. The summed E-state index contributed by atoms with van der Waals surface area (Å²) < 4.78 is 38.4. The number of alkyl halides is 3. The van der Waals surface area contributed by atoms with Crippen molar-refractivity contribution in [1.29, 1.82) is 0 Å². The van der Waals surface area contributed by atoms with Crippen molar-refractivity contribution >= 4 is 0 Å². The Morgan fingerprint density at radius 1 is 1.19 bits per heavy atom. The van der Waals surface area contributed by atoms with Crippen LogP contribution in [0.3, 0.4) is 0 Å². The van der Waals surface area contributed by atoms with Crippen molar-refractivity contribution in [3.05, 3.63) is 47.4 Å². The summed E-state index contributed by atoms with van der Waals surface area (Å²) in [6.45, 7) is 4.54. The number of aryl methyl sites for hydroxylation is 1. The van der Waals surface area contributed by atoms with E-state index < -0.39 is 11.7 Å². The Balaban J connectivity index is 1.63. The van der Waals surface area contributed by atoms with Crippen LogP contribution in [0.4, 0.5) is 13.2 Å². The lowest BCUT2D eigenvalue weighted by Gasteiger charge is -2.49. The molecule has 0 saturated carbocycles. The predicted molar refractivity (Wildman–Crippen MR) is 97.1 cm³/mol. The Hall–Kier alpha value is -1.99. The molecule has 0 radical (unpaired) electrons. The molecule has 3 fully saturated rings. The van der Waals surface area contributed by atoms with Crippen LogP contribution in [0.5, 0.6) is 0 Å². The highest BCUT2D eigenvalue weighted by Crippen LogP contribution is 2.41. The smallest absolute Gasteiger partial charge is 0.329 e. The molecule has 0 spiro atoms. The van der Waals surface area contributed by atoms with Gasteiger partial charge in [-0.1, -0.05) is 12.1 Å². The van der Waals surface area contributed by atoms with Gasteiger partial charge in [-0.3, -0.25) is 4.90 Å². The Labute approximate surface area is 156 Å². The molecule has 4 nitrogen and oxygen atoms in total. The van der Waals surface area contributed by atoms with Crippen molar-refractivity contribution in [2.24, 2.45) is 11.7 Å². The molecule has 2 aromatic rings. The SMILES string of the molecule is Cc1nc(-c2ccc(C(F)(F)F)cc2)cc(C2CN3CCC2CC3CN)n1. The van der Waals surface area contributed by atoms with Gasteiger partial charge in [-0.2, -0.15) is 13.2 Å². The van der Waals surface area contributed by atoms with Crippen LogP contribution in [0.25, 0.3) is 11.3 Å². The molecule has 4 atom stereocenters. The summed E-state index contributed by atoms with van der Waals surface area (Å²) >= 11 is 0. The number of hydrogen-bond acceptors (Lipinski definition) is 4. The second kappa shape index (κ2) is 6.87. The molecule has 7 heteroatoms. The predicted octanol–water partition coefficient (Wildman–Crippen LogP) is 3.61. The molecule has 2 N–H and O–H groups in total. The van der Waals surface area contributed by atoms with Gasteiger partial charge in [0, 0.05) is 36.3 Å². The maximum atomic E-state index is 12.8. The van der Waals surface area contributed by atoms with Gasteiger partial charge in [-0.25, -0.2) is 9.97 Å². The van der Waals surface area contributed by atoms with E-state index in [0.29, 0.717) is 41.5 Å². The normalized spacial score (nSPS) is 27.7. The summed E-state index contributed by atoms with van der Waals surface area (Å²) in [5.74, 6) is 1.53. The zero-order valence-electron chi connectivity index (χ0n) is 15.2. The van der Waals surface area contributed by atoms with Crippen LogP contribution in [-0.2, 0) is 6.18 Å². The molecule has 3 aliphatic rings. The summed E-state index contributed by atoms with van der Waals surface area (Å²) in [7, 11) is 0. The number of halogens is 3. The van der Waals surface area contributed by atoms with E-state index >= 15 is 0 Å². The zero-order valence-corrected chi connectivity index (χ0v) is 15.2. The van der Waals surface area contributed by atoms with Crippen LogP contribution >= 0.6 is 0 Å². The van der Waals surface area contributed by atoms with Crippen LogP contribution in [0.15, 0.2) is 30.3 Å². The fourth-order valence-electron chi connectivity index (χ4n) is 4.48. The molecule has 1 aromatic carbocycles. The van der Waals surface area contributed by atoms with Gasteiger partial charge in [0.2, 0.25) is 0 Å². The first kappa shape index (κ1) is 18.4. The van der Waals surface area contributed by atoms with Gasteiger partial charge in [0.25, 0.3) is 0 Å². The standard InChI is InChI=1S/C20H23F3N4/c1-12-25-18(13-2-4-15(5-3-13)20(21,22)23)9-19(26-12)17-11-27-7-6-14(17)8-16(27)10-24/h2-5,9,14,16-17H,6-8,10-11,24H2,1H3. The summed E-state index contributed by atoms with van der Waals surface area (Å²) in [5, 5.41) is 0. The molecule has 5 rings (SSSR count). The highest BCUT2D eigenvalue weighted by Gasteiger charge is 2.40. The summed E-state index contributed by atoms with van der Waals surface area (Å²) in [6.07, 6.45) is -2.11. The number of piperidine rings is 3. The maximum Gasteiger partial charge on any atom is 0.416 e. The summed E-state index contributed by atoms with van der Waals surface area (Å²) in [4.78, 5) is 11.6. The molecule has 144 valence electrons. The number of aromatic nitrogens is 2. The second-order valence-corrected chi connectivity index (χ2v) is 7.58. The molecule has 4 unspecified atom stereocenters. The molecule has 2 bridgehead atoms. The number of benzene rings is 1. The van der Waals surface area contributed by atoms with E-state index in [2.05, 4.69) is 14.9 Å². The third-order valence-corrected chi connectivity index (χ3v) is 5.90. The van der Waals surface area contributed by atoms with Crippen molar-refractivity contribution in [3.63, 3.8) is 0 Å². The molecule has 3 aliphatic heterocycles. The zero-order chi connectivity index (χ0) is 19.2.